The van der Waals surface area contributed by atoms with Crippen molar-refractivity contribution in [3.8, 4) is 5.75 Å². The summed E-state index contributed by atoms with van der Waals surface area (Å²) >= 11 is 10.0. The first-order valence-electron chi connectivity index (χ1n) is 4.17. The minimum absolute atomic E-state index is 0.200. The lowest BCUT2D eigenvalue weighted by Gasteiger charge is -2.08. The molecule has 16 heavy (non-hydrogen) atoms. The molecular weight excluding hydrogens is 408 g/mol. The molecular formula is C10H7Br3O3. The number of rotatable bonds is 4. The maximum atomic E-state index is 10.2. The van der Waals surface area contributed by atoms with Crippen molar-refractivity contribution in [3.05, 3.63) is 37.7 Å². The number of aliphatic carboxylic acids is 1. The van der Waals surface area contributed by atoms with Crippen molar-refractivity contribution in [2.75, 3.05) is 6.61 Å². The van der Waals surface area contributed by atoms with E-state index < -0.39 is 5.97 Å². The third-order valence-electron chi connectivity index (χ3n) is 1.55. The van der Waals surface area contributed by atoms with Gasteiger partial charge in [-0.2, -0.15) is 0 Å². The normalized spacial score (nSPS) is 10.7. The Hall–Kier alpha value is -0.330. The van der Waals surface area contributed by atoms with Gasteiger partial charge in [0, 0.05) is 10.5 Å². The number of hydrogen-bond acceptors (Lipinski definition) is 2. The largest absolute Gasteiger partial charge is 0.487 e. The van der Waals surface area contributed by atoms with Gasteiger partial charge in [0.15, 0.2) is 0 Å². The standard InChI is InChI=1S/C10H7Br3O3/c11-6-4-7(12)10(8(13)5-6)16-3-1-2-9(14)15/h1-2,4-5H,3H2,(H,14,15). The summed E-state index contributed by atoms with van der Waals surface area (Å²) in [5, 5.41) is 8.39. The van der Waals surface area contributed by atoms with Crippen LogP contribution in [0.2, 0.25) is 0 Å². The average Bonchev–Trinajstić information content (AvgIpc) is 2.14. The molecule has 1 N–H and O–H groups in total. The molecule has 3 nitrogen and oxygen atoms in total. The van der Waals surface area contributed by atoms with E-state index in [-0.39, 0.29) is 6.61 Å². The molecule has 0 amide bonds. The summed E-state index contributed by atoms with van der Waals surface area (Å²) in [4.78, 5) is 10.2. The highest BCUT2D eigenvalue weighted by Crippen LogP contribution is 2.36. The van der Waals surface area contributed by atoms with Crippen molar-refractivity contribution in [2.24, 2.45) is 0 Å². The third kappa shape index (κ3) is 4.27. The monoisotopic (exact) mass is 412 g/mol. The van der Waals surface area contributed by atoms with Gasteiger partial charge in [0.05, 0.1) is 8.95 Å². The van der Waals surface area contributed by atoms with Crippen LogP contribution in [0.1, 0.15) is 0 Å². The number of benzene rings is 1. The van der Waals surface area contributed by atoms with Crippen LogP contribution in [0.3, 0.4) is 0 Å². The van der Waals surface area contributed by atoms with E-state index in [9.17, 15) is 4.79 Å². The van der Waals surface area contributed by atoms with E-state index in [4.69, 9.17) is 9.84 Å². The summed E-state index contributed by atoms with van der Waals surface area (Å²) < 4.78 is 7.90. The zero-order valence-electron chi connectivity index (χ0n) is 7.91. The van der Waals surface area contributed by atoms with Crippen molar-refractivity contribution in [1.82, 2.24) is 0 Å². The Morgan fingerprint density at radius 2 is 1.88 bits per heavy atom. The number of carbonyl (C=O) groups is 1. The maximum absolute atomic E-state index is 10.2. The highest BCUT2D eigenvalue weighted by atomic mass is 79.9. The minimum atomic E-state index is -0.988. The molecule has 1 aromatic rings. The van der Waals surface area contributed by atoms with Gasteiger partial charge in [0.2, 0.25) is 0 Å². The summed E-state index contributed by atoms with van der Waals surface area (Å²) in [7, 11) is 0. The van der Waals surface area contributed by atoms with Gasteiger partial charge in [0.25, 0.3) is 0 Å². The third-order valence-corrected chi connectivity index (χ3v) is 3.18. The lowest BCUT2D eigenvalue weighted by atomic mass is 10.3. The van der Waals surface area contributed by atoms with E-state index in [0.29, 0.717) is 5.75 Å². The number of hydrogen-bond donors (Lipinski definition) is 1. The number of ether oxygens (including phenoxy) is 1. The Labute approximate surface area is 118 Å². The van der Waals surface area contributed by atoms with E-state index in [1.807, 2.05) is 12.1 Å². The minimum Gasteiger partial charge on any atom is -0.487 e. The van der Waals surface area contributed by atoms with Crippen LogP contribution in [-0.2, 0) is 4.79 Å². The van der Waals surface area contributed by atoms with Crippen LogP contribution in [0.15, 0.2) is 37.7 Å². The molecule has 0 spiro atoms. The highest BCUT2D eigenvalue weighted by molar-refractivity contribution is 9.11. The molecule has 86 valence electrons. The van der Waals surface area contributed by atoms with Gasteiger partial charge in [-0.25, -0.2) is 4.79 Å². The van der Waals surface area contributed by atoms with E-state index >= 15 is 0 Å². The Kier molecular flexibility index (Phi) is 5.51. The van der Waals surface area contributed by atoms with Gasteiger partial charge in [-0.3, -0.25) is 0 Å². The second-order valence-corrected chi connectivity index (χ2v) is 5.37. The zero-order chi connectivity index (χ0) is 12.1. The molecule has 0 aromatic heterocycles. The quantitative estimate of drug-likeness (QED) is 0.758. The maximum Gasteiger partial charge on any atom is 0.328 e. The molecule has 0 saturated carbocycles. The summed E-state index contributed by atoms with van der Waals surface area (Å²) in [5.74, 6) is -0.351. The van der Waals surface area contributed by atoms with Crippen molar-refractivity contribution >= 4 is 53.8 Å². The smallest absolute Gasteiger partial charge is 0.328 e. The summed E-state index contributed by atoms with van der Waals surface area (Å²) in [6, 6.07) is 3.70. The molecule has 0 saturated heterocycles. The van der Waals surface area contributed by atoms with Crippen molar-refractivity contribution in [3.63, 3.8) is 0 Å². The SMILES string of the molecule is O=C(O)C=CCOc1c(Br)cc(Br)cc1Br. The van der Waals surface area contributed by atoms with Gasteiger partial charge < -0.3 is 9.84 Å². The predicted octanol–water partition coefficient (Wildman–Crippen LogP) is 3.99. The van der Waals surface area contributed by atoms with E-state index in [0.717, 1.165) is 19.5 Å². The van der Waals surface area contributed by atoms with Crippen LogP contribution in [-0.4, -0.2) is 17.7 Å². The average molecular weight is 415 g/mol. The van der Waals surface area contributed by atoms with Crippen LogP contribution < -0.4 is 4.74 Å². The summed E-state index contributed by atoms with van der Waals surface area (Å²) in [6.07, 6.45) is 2.48. The molecule has 0 bridgehead atoms. The second kappa shape index (κ2) is 6.42. The van der Waals surface area contributed by atoms with E-state index in [1.165, 1.54) is 6.08 Å². The molecule has 0 radical (unpaired) electrons. The van der Waals surface area contributed by atoms with E-state index in [2.05, 4.69) is 47.8 Å². The number of carboxylic acid groups (broad SMARTS) is 1. The topological polar surface area (TPSA) is 46.5 Å². The number of halogens is 3. The zero-order valence-corrected chi connectivity index (χ0v) is 12.7. The first-order valence-corrected chi connectivity index (χ1v) is 6.55. The molecule has 1 rings (SSSR count). The van der Waals surface area contributed by atoms with Crippen LogP contribution >= 0.6 is 47.8 Å². The molecule has 0 unspecified atom stereocenters. The van der Waals surface area contributed by atoms with Gasteiger partial charge >= 0.3 is 5.97 Å². The van der Waals surface area contributed by atoms with Crippen molar-refractivity contribution in [1.29, 1.82) is 0 Å². The Bertz CT molecular complexity index is 406. The lowest BCUT2D eigenvalue weighted by Crippen LogP contribution is -1.97. The van der Waals surface area contributed by atoms with Crippen molar-refractivity contribution in [2.45, 2.75) is 0 Å². The molecule has 6 heteroatoms. The van der Waals surface area contributed by atoms with Crippen LogP contribution in [0.4, 0.5) is 0 Å². The van der Waals surface area contributed by atoms with Crippen molar-refractivity contribution < 1.29 is 14.6 Å². The van der Waals surface area contributed by atoms with Crippen LogP contribution in [0, 0.1) is 0 Å². The molecule has 0 aliphatic heterocycles. The molecule has 1 aromatic carbocycles. The van der Waals surface area contributed by atoms with Gasteiger partial charge in [-0.05, 0) is 50.1 Å². The fourth-order valence-corrected chi connectivity index (χ4v) is 3.43. The molecule has 0 aliphatic rings. The predicted molar refractivity (Wildman–Crippen MR) is 71.8 cm³/mol. The molecule has 0 aliphatic carbocycles. The molecule has 0 heterocycles. The Morgan fingerprint density at radius 1 is 1.31 bits per heavy atom. The first kappa shape index (κ1) is 13.7. The lowest BCUT2D eigenvalue weighted by molar-refractivity contribution is -0.131. The van der Waals surface area contributed by atoms with E-state index in [1.54, 1.807) is 0 Å². The van der Waals surface area contributed by atoms with Gasteiger partial charge in [-0.15, -0.1) is 0 Å². The summed E-state index contributed by atoms with van der Waals surface area (Å²) in [6.45, 7) is 0.200. The highest BCUT2D eigenvalue weighted by Gasteiger charge is 2.07. The fourth-order valence-electron chi connectivity index (χ4n) is 0.947. The first-order chi connectivity index (χ1) is 7.50. The fraction of sp³-hybridized carbons (Fsp3) is 0.100. The number of carboxylic acids is 1. The summed E-state index contributed by atoms with van der Waals surface area (Å²) in [5.41, 5.74) is 0. The Morgan fingerprint density at radius 3 is 2.38 bits per heavy atom. The Balaban J connectivity index is 2.71. The van der Waals surface area contributed by atoms with Crippen LogP contribution in [0.25, 0.3) is 0 Å². The molecule has 0 fully saturated rings. The second-order valence-electron chi connectivity index (χ2n) is 2.75. The van der Waals surface area contributed by atoms with Gasteiger partial charge in [-0.1, -0.05) is 15.9 Å². The molecule has 0 atom stereocenters. The van der Waals surface area contributed by atoms with Crippen LogP contribution in [0.5, 0.6) is 5.75 Å². The van der Waals surface area contributed by atoms with Gasteiger partial charge in [0.1, 0.15) is 12.4 Å².